The van der Waals surface area contributed by atoms with Crippen molar-refractivity contribution in [2.45, 2.75) is 19.1 Å². The molecule has 0 saturated carbocycles. The summed E-state index contributed by atoms with van der Waals surface area (Å²) in [5, 5.41) is -0.506. The van der Waals surface area contributed by atoms with Gasteiger partial charge in [0.25, 0.3) is 11.5 Å². The minimum Gasteiger partial charge on any atom is -0.336 e. The van der Waals surface area contributed by atoms with Crippen LogP contribution in [0, 0.1) is 5.82 Å². The van der Waals surface area contributed by atoms with Gasteiger partial charge >= 0.3 is 0 Å². The fourth-order valence-corrected chi connectivity index (χ4v) is 4.31. The molecule has 1 aromatic heterocycles. The van der Waals surface area contributed by atoms with Crippen LogP contribution in [-0.2, 0) is 10.0 Å². The Hall–Kier alpha value is -2.52. The number of rotatable bonds is 4. The number of hydrogen-bond acceptors (Lipinski definition) is 4. The first-order chi connectivity index (χ1) is 13.2. The monoisotopic (exact) mass is 407 g/mol. The van der Waals surface area contributed by atoms with E-state index in [1.165, 1.54) is 51.5 Å². The van der Waals surface area contributed by atoms with Crippen LogP contribution in [0.3, 0.4) is 0 Å². The second-order valence-electron chi connectivity index (χ2n) is 6.89. The van der Waals surface area contributed by atoms with Gasteiger partial charge in [-0.3, -0.25) is 14.2 Å². The molecule has 0 atom stereocenters. The minimum atomic E-state index is -3.35. The summed E-state index contributed by atoms with van der Waals surface area (Å²) in [5.74, 6) is -0.698. The van der Waals surface area contributed by atoms with Crippen LogP contribution in [0.5, 0.6) is 0 Å². The molecule has 1 amide bonds. The molecule has 1 aliphatic heterocycles. The van der Waals surface area contributed by atoms with Gasteiger partial charge in [-0.25, -0.2) is 12.8 Å². The highest BCUT2D eigenvalue weighted by Crippen LogP contribution is 2.15. The Labute approximate surface area is 163 Å². The lowest BCUT2D eigenvalue weighted by atomic mass is 10.2. The number of halogens is 1. The lowest BCUT2D eigenvalue weighted by Gasteiger charge is -2.35. The van der Waals surface area contributed by atoms with Gasteiger partial charge in [0.2, 0.25) is 10.0 Å². The van der Waals surface area contributed by atoms with Gasteiger partial charge in [-0.2, -0.15) is 4.31 Å². The highest BCUT2D eigenvalue weighted by atomic mass is 32.2. The summed E-state index contributed by atoms with van der Waals surface area (Å²) >= 11 is 0. The van der Waals surface area contributed by atoms with Crippen LogP contribution in [0.25, 0.3) is 5.69 Å². The van der Waals surface area contributed by atoms with E-state index in [9.17, 15) is 22.4 Å². The molecule has 0 bridgehead atoms. The Morgan fingerprint density at radius 2 is 1.61 bits per heavy atom. The predicted molar refractivity (Wildman–Crippen MR) is 104 cm³/mol. The lowest BCUT2D eigenvalue weighted by Crippen LogP contribution is -2.52. The van der Waals surface area contributed by atoms with Gasteiger partial charge in [0.1, 0.15) is 5.82 Å². The summed E-state index contributed by atoms with van der Waals surface area (Å²) in [4.78, 5) is 26.5. The van der Waals surface area contributed by atoms with Gasteiger partial charge < -0.3 is 4.90 Å². The molecule has 9 heteroatoms. The fourth-order valence-electron chi connectivity index (χ4n) is 3.04. The van der Waals surface area contributed by atoms with E-state index in [0.29, 0.717) is 11.3 Å². The van der Waals surface area contributed by atoms with Crippen molar-refractivity contribution in [3.63, 3.8) is 0 Å². The summed E-state index contributed by atoms with van der Waals surface area (Å²) in [7, 11) is -3.35. The zero-order valence-electron chi connectivity index (χ0n) is 15.7. The zero-order valence-corrected chi connectivity index (χ0v) is 16.5. The van der Waals surface area contributed by atoms with Gasteiger partial charge in [-0.05, 0) is 44.2 Å². The summed E-state index contributed by atoms with van der Waals surface area (Å²) in [5.41, 5.74) is 0.425. The molecule has 1 aromatic carbocycles. The van der Waals surface area contributed by atoms with Crippen molar-refractivity contribution in [2.75, 3.05) is 26.2 Å². The fraction of sp³-hybridized carbons (Fsp3) is 0.368. The molecule has 7 nitrogen and oxygen atoms in total. The van der Waals surface area contributed by atoms with E-state index in [2.05, 4.69) is 0 Å². The maximum atomic E-state index is 13.1. The van der Waals surface area contributed by atoms with Crippen LogP contribution < -0.4 is 5.56 Å². The van der Waals surface area contributed by atoms with Gasteiger partial charge in [-0.1, -0.05) is 0 Å². The Morgan fingerprint density at radius 3 is 2.18 bits per heavy atom. The number of amides is 1. The molecule has 0 spiro atoms. The van der Waals surface area contributed by atoms with Gasteiger partial charge in [0, 0.05) is 44.1 Å². The van der Waals surface area contributed by atoms with Gasteiger partial charge in [0.05, 0.1) is 10.8 Å². The van der Waals surface area contributed by atoms with E-state index in [1.807, 2.05) is 0 Å². The van der Waals surface area contributed by atoms with Crippen LogP contribution in [-0.4, -0.2) is 59.5 Å². The number of benzene rings is 1. The molecule has 2 aromatic rings. The second kappa shape index (κ2) is 7.84. The van der Waals surface area contributed by atoms with Crippen molar-refractivity contribution < 1.29 is 17.6 Å². The average Bonchev–Trinajstić information content (AvgIpc) is 2.68. The number of aromatic nitrogens is 1. The first-order valence-electron chi connectivity index (χ1n) is 8.97. The molecule has 150 valence electrons. The minimum absolute atomic E-state index is 0.240. The van der Waals surface area contributed by atoms with E-state index in [4.69, 9.17) is 0 Å². The summed E-state index contributed by atoms with van der Waals surface area (Å²) < 4.78 is 40.3. The third-order valence-corrected chi connectivity index (χ3v) is 7.02. The number of sulfonamides is 1. The first-order valence-corrected chi connectivity index (χ1v) is 10.5. The maximum absolute atomic E-state index is 13.1. The molecule has 28 heavy (non-hydrogen) atoms. The summed E-state index contributed by atoms with van der Waals surface area (Å²) in [6.45, 7) is 4.30. The Morgan fingerprint density at radius 1 is 1.00 bits per heavy atom. The highest BCUT2D eigenvalue weighted by Gasteiger charge is 2.31. The average molecular weight is 407 g/mol. The van der Waals surface area contributed by atoms with Crippen molar-refractivity contribution in [2.24, 2.45) is 0 Å². The second-order valence-corrected chi connectivity index (χ2v) is 9.38. The number of hydrogen-bond donors (Lipinski definition) is 0. The third kappa shape index (κ3) is 4.00. The van der Waals surface area contributed by atoms with E-state index in [1.54, 1.807) is 18.7 Å². The number of carbonyl (C=O) groups is 1. The summed E-state index contributed by atoms with van der Waals surface area (Å²) in [6.07, 6.45) is 1.43. The van der Waals surface area contributed by atoms with E-state index in [-0.39, 0.29) is 37.6 Å². The molecule has 3 rings (SSSR count). The summed E-state index contributed by atoms with van der Waals surface area (Å²) in [6, 6.07) is 8.13. The maximum Gasteiger partial charge on any atom is 0.255 e. The Balaban J connectivity index is 1.78. The number of carbonyl (C=O) groups excluding carboxylic acids is 1. The van der Waals surface area contributed by atoms with Gasteiger partial charge in [-0.15, -0.1) is 0 Å². The van der Waals surface area contributed by atoms with E-state index in [0.717, 1.165) is 0 Å². The van der Waals surface area contributed by atoms with Crippen LogP contribution in [0.2, 0.25) is 0 Å². The molecule has 0 N–H and O–H groups in total. The molecular weight excluding hydrogens is 385 g/mol. The highest BCUT2D eigenvalue weighted by molar-refractivity contribution is 7.89. The molecule has 1 fully saturated rings. The third-order valence-electron chi connectivity index (χ3n) is 4.74. The molecule has 2 heterocycles. The van der Waals surface area contributed by atoms with Crippen LogP contribution in [0.4, 0.5) is 4.39 Å². The van der Waals surface area contributed by atoms with Crippen molar-refractivity contribution >= 4 is 15.9 Å². The molecule has 1 saturated heterocycles. The zero-order chi connectivity index (χ0) is 20.5. The standard InChI is InChI=1S/C19H22FN3O4S/c1-14(2)28(26,27)22-11-9-21(10-12-22)19(25)15-3-8-18(24)23(13-15)17-6-4-16(20)5-7-17/h3-8,13-14H,9-12H2,1-2H3. The van der Waals surface area contributed by atoms with Crippen LogP contribution >= 0.6 is 0 Å². The first kappa shape index (κ1) is 20.2. The van der Waals surface area contributed by atoms with Crippen LogP contribution in [0.15, 0.2) is 47.4 Å². The van der Waals surface area contributed by atoms with E-state index < -0.39 is 21.1 Å². The van der Waals surface area contributed by atoms with Crippen molar-refractivity contribution in [3.05, 3.63) is 64.3 Å². The molecule has 0 unspecified atom stereocenters. The van der Waals surface area contributed by atoms with Gasteiger partial charge in [0.15, 0.2) is 0 Å². The normalized spacial score (nSPS) is 15.8. The Kier molecular flexibility index (Phi) is 5.66. The molecule has 0 radical (unpaired) electrons. The topological polar surface area (TPSA) is 79.7 Å². The van der Waals surface area contributed by atoms with Crippen LogP contribution in [0.1, 0.15) is 24.2 Å². The van der Waals surface area contributed by atoms with Crippen molar-refractivity contribution in [1.29, 1.82) is 0 Å². The SMILES string of the molecule is CC(C)S(=O)(=O)N1CCN(C(=O)c2ccc(=O)n(-c3ccc(F)cc3)c2)CC1. The number of nitrogens with zero attached hydrogens (tertiary/aromatic N) is 3. The molecule has 0 aliphatic carbocycles. The number of piperazine rings is 1. The predicted octanol–water partition coefficient (Wildman–Crippen LogP) is 1.47. The molecular formula is C19H22FN3O4S. The Bertz CT molecular complexity index is 1020. The van der Waals surface area contributed by atoms with Crippen molar-refractivity contribution in [1.82, 2.24) is 13.8 Å². The smallest absolute Gasteiger partial charge is 0.255 e. The molecule has 1 aliphatic rings. The number of pyridine rings is 1. The van der Waals surface area contributed by atoms with Crippen molar-refractivity contribution in [3.8, 4) is 5.69 Å². The quantitative estimate of drug-likeness (QED) is 0.769. The largest absolute Gasteiger partial charge is 0.336 e. The van der Waals surface area contributed by atoms with E-state index >= 15 is 0 Å². The lowest BCUT2D eigenvalue weighted by molar-refractivity contribution is 0.0697.